The Labute approximate surface area is 164 Å². The van der Waals surface area contributed by atoms with Crippen LogP contribution in [0.3, 0.4) is 0 Å². The molecule has 0 heterocycles. The van der Waals surface area contributed by atoms with E-state index in [1.165, 1.54) is 0 Å². The van der Waals surface area contributed by atoms with E-state index in [1.807, 2.05) is 12.1 Å². The Morgan fingerprint density at radius 3 is 2.54 bits per heavy atom. The third kappa shape index (κ3) is 6.38. The van der Waals surface area contributed by atoms with Crippen molar-refractivity contribution in [3.8, 4) is 5.75 Å². The molecule has 1 aliphatic carbocycles. The maximum atomic E-state index is 10.9. The topological polar surface area (TPSA) is 102 Å². The maximum absolute atomic E-state index is 10.9. The fraction of sp³-hybridized carbons (Fsp3) is 0.647. The minimum atomic E-state index is -4.53. The van der Waals surface area contributed by atoms with E-state index >= 15 is 0 Å². The summed E-state index contributed by atoms with van der Waals surface area (Å²) < 4.78 is 21.2. The van der Waals surface area contributed by atoms with Crippen LogP contribution in [-0.4, -0.2) is 28.5 Å². The van der Waals surface area contributed by atoms with E-state index in [2.05, 4.69) is 11.4 Å². The van der Waals surface area contributed by atoms with Crippen molar-refractivity contribution in [1.82, 2.24) is 0 Å². The second-order valence-electron chi connectivity index (χ2n) is 6.94. The maximum Gasteiger partial charge on any atom is 0.469 e. The number of halogens is 2. The third-order valence-corrected chi connectivity index (χ3v) is 5.68. The van der Waals surface area contributed by atoms with E-state index in [0.29, 0.717) is 35.2 Å². The van der Waals surface area contributed by atoms with Crippen molar-refractivity contribution in [2.45, 2.75) is 56.9 Å². The van der Waals surface area contributed by atoms with Crippen LogP contribution in [0.25, 0.3) is 0 Å². The summed E-state index contributed by atoms with van der Waals surface area (Å²) in [5.74, 6) is 0.597. The van der Waals surface area contributed by atoms with E-state index in [4.69, 9.17) is 43.5 Å². The molecule has 2 atom stereocenters. The predicted octanol–water partition coefficient (Wildman–Crippen LogP) is 4.64. The second-order valence-corrected chi connectivity index (χ2v) is 8.99. The van der Waals surface area contributed by atoms with Gasteiger partial charge in [-0.2, -0.15) is 0 Å². The first-order valence-corrected chi connectivity index (χ1v) is 11.0. The zero-order valence-electron chi connectivity index (χ0n) is 14.8. The highest BCUT2D eigenvalue weighted by molar-refractivity contribution is 7.46. The number of hydrogen-bond donors (Lipinski definition) is 3. The van der Waals surface area contributed by atoms with Gasteiger partial charge in [0.05, 0.1) is 23.3 Å². The van der Waals surface area contributed by atoms with Crippen molar-refractivity contribution in [1.29, 1.82) is 0 Å². The molecule has 0 bridgehead atoms. The highest BCUT2D eigenvalue weighted by atomic mass is 35.5. The minimum absolute atomic E-state index is 0.101. The largest absolute Gasteiger partial charge is 0.490 e. The number of ether oxygens (including phenoxy) is 1. The molecule has 1 aliphatic rings. The number of phosphoric acid groups is 1. The highest BCUT2D eigenvalue weighted by Gasteiger charge is 2.38. The normalized spacial score (nSPS) is 23.4. The van der Waals surface area contributed by atoms with Crippen LogP contribution < -0.4 is 10.5 Å². The fourth-order valence-electron chi connectivity index (χ4n) is 3.26. The van der Waals surface area contributed by atoms with Gasteiger partial charge in [0.25, 0.3) is 0 Å². The van der Waals surface area contributed by atoms with Crippen LogP contribution in [0.15, 0.2) is 12.1 Å². The van der Waals surface area contributed by atoms with Crippen LogP contribution >= 0.6 is 31.0 Å². The van der Waals surface area contributed by atoms with Gasteiger partial charge in [-0.25, -0.2) is 4.57 Å². The standard InChI is InChI=1S/C17H26Cl2NO5P/c1-2-3-4-7-24-16-14(18)8-13(9-15(16)19)12-5-6-17(20,10-12)11-25-26(21,22)23/h8-9,12H,2-7,10-11,20H2,1H3,(H2,21,22,23)/t12-,17-/m1/s1. The van der Waals surface area contributed by atoms with Gasteiger partial charge in [-0.1, -0.05) is 43.0 Å². The molecule has 9 heteroatoms. The molecule has 148 valence electrons. The van der Waals surface area contributed by atoms with Gasteiger partial charge in [0.15, 0.2) is 5.75 Å². The van der Waals surface area contributed by atoms with Gasteiger partial charge in [-0.15, -0.1) is 0 Å². The number of rotatable bonds is 9. The summed E-state index contributed by atoms with van der Waals surface area (Å²) >= 11 is 12.7. The lowest BCUT2D eigenvalue weighted by Gasteiger charge is -2.24. The van der Waals surface area contributed by atoms with E-state index in [1.54, 1.807) is 0 Å². The molecule has 2 rings (SSSR count). The van der Waals surface area contributed by atoms with Crippen molar-refractivity contribution in [3.63, 3.8) is 0 Å². The number of phosphoric ester groups is 1. The van der Waals surface area contributed by atoms with Gasteiger partial charge in [-0.05, 0) is 49.3 Å². The van der Waals surface area contributed by atoms with Crippen molar-refractivity contribution in [2.24, 2.45) is 5.73 Å². The van der Waals surface area contributed by atoms with Gasteiger partial charge < -0.3 is 20.3 Å². The van der Waals surface area contributed by atoms with Crippen molar-refractivity contribution in [3.05, 3.63) is 27.7 Å². The summed E-state index contributed by atoms with van der Waals surface area (Å²) in [6, 6.07) is 3.67. The van der Waals surface area contributed by atoms with Gasteiger partial charge in [0.1, 0.15) is 0 Å². The molecule has 26 heavy (non-hydrogen) atoms. The molecule has 1 fully saturated rings. The smallest absolute Gasteiger partial charge is 0.469 e. The molecule has 0 saturated heterocycles. The van der Waals surface area contributed by atoms with Crippen LogP contribution in [0.2, 0.25) is 10.0 Å². The van der Waals surface area contributed by atoms with Crippen molar-refractivity contribution < 1.29 is 23.6 Å². The molecular weight excluding hydrogens is 400 g/mol. The summed E-state index contributed by atoms with van der Waals surface area (Å²) in [5, 5.41) is 0.926. The summed E-state index contributed by atoms with van der Waals surface area (Å²) in [6.07, 6.45) is 5.05. The Bertz CT molecular complexity index is 646. The zero-order valence-corrected chi connectivity index (χ0v) is 17.2. The number of benzene rings is 1. The average Bonchev–Trinajstić information content (AvgIpc) is 2.94. The molecule has 1 saturated carbocycles. The first-order valence-electron chi connectivity index (χ1n) is 8.74. The molecule has 0 radical (unpaired) electrons. The summed E-state index contributed by atoms with van der Waals surface area (Å²) in [6.45, 7) is 2.51. The van der Waals surface area contributed by atoms with Crippen LogP contribution in [-0.2, 0) is 9.09 Å². The van der Waals surface area contributed by atoms with Crippen molar-refractivity contribution >= 4 is 31.0 Å². The molecule has 4 N–H and O–H groups in total. The van der Waals surface area contributed by atoms with E-state index in [0.717, 1.165) is 31.2 Å². The van der Waals surface area contributed by atoms with Gasteiger partial charge in [0.2, 0.25) is 0 Å². The van der Waals surface area contributed by atoms with E-state index < -0.39 is 13.4 Å². The Balaban J connectivity index is 2.02. The van der Waals surface area contributed by atoms with Gasteiger partial charge >= 0.3 is 7.82 Å². The lowest BCUT2D eigenvalue weighted by Crippen LogP contribution is -2.41. The lowest BCUT2D eigenvalue weighted by atomic mass is 9.93. The molecule has 6 nitrogen and oxygen atoms in total. The molecule has 0 spiro atoms. The molecule has 0 aromatic heterocycles. The minimum Gasteiger partial charge on any atom is -0.490 e. The predicted molar refractivity (Wildman–Crippen MR) is 103 cm³/mol. The summed E-state index contributed by atoms with van der Waals surface area (Å²) in [7, 11) is -4.53. The van der Waals surface area contributed by atoms with Crippen LogP contribution in [0.1, 0.15) is 56.9 Å². The molecule has 1 aromatic rings. The van der Waals surface area contributed by atoms with E-state index in [-0.39, 0.29) is 12.5 Å². The third-order valence-electron chi connectivity index (χ3n) is 4.65. The van der Waals surface area contributed by atoms with Crippen LogP contribution in [0.4, 0.5) is 0 Å². The Morgan fingerprint density at radius 2 is 1.96 bits per heavy atom. The number of unbranched alkanes of at least 4 members (excludes halogenated alkanes) is 2. The second kappa shape index (κ2) is 9.24. The molecule has 0 amide bonds. The summed E-state index contributed by atoms with van der Waals surface area (Å²) in [4.78, 5) is 17.7. The quantitative estimate of drug-likeness (QED) is 0.393. The van der Waals surface area contributed by atoms with Crippen LogP contribution in [0, 0.1) is 0 Å². The van der Waals surface area contributed by atoms with Crippen molar-refractivity contribution in [2.75, 3.05) is 13.2 Å². The molecule has 1 aromatic carbocycles. The monoisotopic (exact) mass is 425 g/mol. The Morgan fingerprint density at radius 1 is 1.31 bits per heavy atom. The zero-order chi connectivity index (χ0) is 19.4. The highest BCUT2D eigenvalue weighted by Crippen LogP contribution is 2.46. The molecular formula is C17H26Cl2NO5P. The van der Waals surface area contributed by atoms with Gasteiger partial charge in [-0.3, -0.25) is 4.52 Å². The fourth-order valence-corrected chi connectivity index (χ4v) is 4.30. The number of hydrogen-bond acceptors (Lipinski definition) is 4. The lowest BCUT2D eigenvalue weighted by molar-refractivity contribution is 0.153. The van der Waals surface area contributed by atoms with Gasteiger partial charge in [0, 0.05) is 5.54 Å². The Kier molecular flexibility index (Phi) is 7.81. The Hall–Kier alpha value is -0.330. The molecule has 0 unspecified atom stereocenters. The molecule has 0 aliphatic heterocycles. The number of nitrogens with two attached hydrogens (primary N) is 1. The van der Waals surface area contributed by atoms with E-state index in [9.17, 15) is 4.57 Å². The SMILES string of the molecule is CCCCCOc1c(Cl)cc([C@@H]2CC[C@](N)(COP(=O)(O)O)C2)cc1Cl. The average molecular weight is 426 g/mol. The summed E-state index contributed by atoms with van der Waals surface area (Å²) in [5.41, 5.74) is 6.41. The first kappa shape index (κ1) is 22.0. The van der Waals surface area contributed by atoms with Crippen LogP contribution in [0.5, 0.6) is 5.75 Å². The first-order chi connectivity index (χ1) is 12.1.